The van der Waals surface area contributed by atoms with Gasteiger partial charge in [0.1, 0.15) is 6.10 Å². The highest BCUT2D eigenvalue weighted by Crippen LogP contribution is 2.21. The van der Waals surface area contributed by atoms with Crippen LogP contribution in [0.4, 0.5) is 0 Å². The molecule has 0 aromatic carbocycles. The van der Waals surface area contributed by atoms with Crippen LogP contribution in [-0.4, -0.2) is 24.7 Å². The number of hydrogen-bond donors (Lipinski definition) is 0. The maximum Gasteiger partial charge on any atom is 0.107 e. The standard InChI is InChI=1S/C7H9N2OS/c1-2-10-6(3-8-1)7-4-9-5-11-7/h4-6H,1-3H2. The van der Waals surface area contributed by atoms with Gasteiger partial charge in [-0.05, 0) is 0 Å². The van der Waals surface area contributed by atoms with E-state index in [0.29, 0.717) is 0 Å². The largest absolute Gasteiger partial charge is 0.370 e. The molecule has 59 valence electrons. The van der Waals surface area contributed by atoms with Gasteiger partial charge in [0.05, 0.1) is 17.0 Å². The number of thiazole rings is 1. The minimum atomic E-state index is 0.177. The Hall–Kier alpha value is -0.450. The second-order valence-electron chi connectivity index (χ2n) is 2.39. The average Bonchev–Trinajstić information content (AvgIpc) is 2.58. The van der Waals surface area contributed by atoms with Crippen molar-refractivity contribution in [2.75, 3.05) is 19.7 Å². The van der Waals surface area contributed by atoms with Gasteiger partial charge < -0.3 is 4.74 Å². The fourth-order valence-corrected chi connectivity index (χ4v) is 1.74. The third-order valence-electron chi connectivity index (χ3n) is 1.63. The van der Waals surface area contributed by atoms with E-state index in [1.807, 2.05) is 11.7 Å². The zero-order valence-corrected chi connectivity index (χ0v) is 6.88. The molecule has 1 radical (unpaired) electrons. The van der Waals surface area contributed by atoms with Gasteiger partial charge in [0.25, 0.3) is 0 Å². The monoisotopic (exact) mass is 169 g/mol. The number of nitrogens with zero attached hydrogens (tertiary/aromatic N) is 2. The van der Waals surface area contributed by atoms with Crippen LogP contribution >= 0.6 is 11.3 Å². The Morgan fingerprint density at radius 1 is 1.64 bits per heavy atom. The van der Waals surface area contributed by atoms with Crippen LogP contribution in [0.5, 0.6) is 0 Å². The van der Waals surface area contributed by atoms with Crippen LogP contribution in [0.1, 0.15) is 11.0 Å². The van der Waals surface area contributed by atoms with Crippen molar-refractivity contribution in [3.05, 3.63) is 16.6 Å². The van der Waals surface area contributed by atoms with Gasteiger partial charge in [-0.2, -0.15) is 0 Å². The van der Waals surface area contributed by atoms with Crippen LogP contribution in [0.25, 0.3) is 0 Å². The number of morpholine rings is 1. The molecule has 1 saturated heterocycles. The van der Waals surface area contributed by atoms with Crippen molar-refractivity contribution in [2.24, 2.45) is 0 Å². The maximum absolute atomic E-state index is 5.50. The van der Waals surface area contributed by atoms with E-state index in [4.69, 9.17) is 4.74 Å². The molecule has 0 aliphatic carbocycles. The molecule has 2 rings (SSSR count). The number of rotatable bonds is 1. The van der Waals surface area contributed by atoms with Crippen LogP contribution in [-0.2, 0) is 4.74 Å². The maximum atomic E-state index is 5.50. The summed E-state index contributed by atoms with van der Waals surface area (Å²) < 4.78 is 5.50. The molecule has 1 atom stereocenters. The quantitative estimate of drug-likeness (QED) is 0.624. The summed E-state index contributed by atoms with van der Waals surface area (Å²) >= 11 is 1.63. The highest BCUT2D eigenvalue weighted by atomic mass is 32.1. The normalized spacial score (nSPS) is 25.3. The SMILES string of the molecule is c1ncc(C2C[N]CCO2)s1. The summed E-state index contributed by atoms with van der Waals surface area (Å²) in [6.07, 6.45) is 2.03. The van der Waals surface area contributed by atoms with E-state index < -0.39 is 0 Å². The van der Waals surface area contributed by atoms with Gasteiger partial charge in [-0.3, -0.25) is 4.98 Å². The lowest BCUT2D eigenvalue weighted by Crippen LogP contribution is -2.27. The summed E-state index contributed by atoms with van der Waals surface area (Å²) in [6, 6.07) is 0. The minimum Gasteiger partial charge on any atom is -0.370 e. The van der Waals surface area contributed by atoms with Crippen molar-refractivity contribution in [3.63, 3.8) is 0 Å². The van der Waals surface area contributed by atoms with Crippen LogP contribution in [0.15, 0.2) is 11.7 Å². The highest BCUT2D eigenvalue weighted by molar-refractivity contribution is 7.09. The predicted molar refractivity (Wildman–Crippen MR) is 42.7 cm³/mol. The number of ether oxygens (including phenoxy) is 1. The molecular formula is C7H9N2OS. The molecular weight excluding hydrogens is 160 g/mol. The van der Waals surface area contributed by atoms with Gasteiger partial charge in [-0.1, -0.05) is 0 Å². The van der Waals surface area contributed by atoms with E-state index in [1.54, 1.807) is 11.3 Å². The van der Waals surface area contributed by atoms with Crippen molar-refractivity contribution >= 4 is 11.3 Å². The average molecular weight is 169 g/mol. The summed E-state index contributed by atoms with van der Waals surface area (Å²) in [5.41, 5.74) is 1.83. The summed E-state index contributed by atoms with van der Waals surface area (Å²) in [5.74, 6) is 0. The third kappa shape index (κ3) is 1.58. The molecule has 1 aromatic rings. The topological polar surface area (TPSA) is 36.2 Å². The van der Waals surface area contributed by atoms with Gasteiger partial charge in [0.15, 0.2) is 0 Å². The Labute approximate surface area is 69.4 Å². The lowest BCUT2D eigenvalue weighted by Gasteiger charge is -2.20. The fraction of sp³-hybridized carbons (Fsp3) is 0.571. The molecule has 1 aliphatic heterocycles. The smallest absolute Gasteiger partial charge is 0.107 e. The third-order valence-corrected chi connectivity index (χ3v) is 2.50. The predicted octanol–water partition coefficient (Wildman–Crippen LogP) is 0.819. The summed E-state index contributed by atoms with van der Waals surface area (Å²) in [6.45, 7) is 2.39. The summed E-state index contributed by atoms with van der Waals surface area (Å²) in [5, 5.41) is 4.27. The first kappa shape index (κ1) is 7.21. The van der Waals surface area contributed by atoms with E-state index in [9.17, 15) is 0 Å². The number of aromatic nitrogens is 1. The van der Waals surface area contributed by atoms with E-state index in [2.05, 4.69) is 10.3 Å². The molecule has 2 heterocycles. The fourth-order valence-electron chi connectivity index (χ4n) is 1.08. The van der Waals surface area contributed by atoms with Crippen LogP contribution < -0.4 is 5.32 Å². The van der Waals surface area contributed by atoms with Crippen LogP contribution in [0.3, 0.4) is 0 Å². The van der Waals surface area contributed by atoms with Crippen molar-refractivity contribution in [1.29, 1.82) is 0 Å². The van der Waals surface area contributed by atoms with Crippen molar-refractivity contribution < 1.29 is 4.74 Å². The van der Waals surface area contributed by atoms with E-state index in [-0.39, 0.29) is 6.10 Å². The van der Waals surface area contributed by atoms with Crippen LogP contribution in [0.2, 0.25) is 0 Å². The molecule has 0 bridgehead atoms. The van der Waals surface area contributed by atoms with Crippen molar-refractivity contribution in [3.8, 4) is 0 Å². The highest BCUT2D eigenvalue weighted by Gasteiger charge is 2.17. The Balaban J connectivity index is 2.04. The van der Waals surface area contributed by atoms with E-state index >= 15 is 0 Å². The Morgan fingerprint density at radius 3 is 3.27 bits per heavy atom. The second-order valence-corrected chi connectivity index (χ2v) is 3.31. The first-order valence-corrected chi connectivity index (χ1v) is 4.48. The lowest BCUT2D eigenvalue weighted by molar-refractivity contribution is 0.0282. The van der Waals surface area contributed by atoms with Gasteiger partial charge in [-0.15, -0.1) is 11.3 Å². The summed E-state index contributed by atoms with van der Waals surface area (Å²) in [4.78, 5) is 5.18. The zero-order chi connectivity index (χ0) is 7.52. The first-order valence-electron chi connectivity index (χ1n) is 3.60. The van der Waals surface area contributed by atoms with E-state index in [1.165, 1.54) is 4.88 Å². The molecule has 0 N–H and O–H groups in total. The number of hydrogen-bond acceptors (Lipinski definition) is 3. The Kier molecular flexibility index (Phi) is 2.16. The first-order chi connectivity index (χ1) is 5.47. The van der Waals surface area contributed by atoms with Gasteiger partial charge >= 0.3 is 0 Å². The molecule has 0 spiro atoms. The molecule has 0 amide bonds. The van der Waals surface area contributed by atoms with Gasteiger partial charge in [-0.25, -0.2) is 5.32 Å². The minimum absolute atomic E-state index is 0.177. The molecule has 3 nitrogen and oxygen atoms in total. The Bertz CT molecular complexity index is 206. The van der Waals surface area contributed by atoms with E-state index in [0.717, 1.165) is 19.7 Å². The molecule has 4 heteroatoms. The summed E-state index contributed by atoms with van der Waals surface area (Å²) in [7, 11) is 0. The molecule has 11 heavy (non-hydrogen) atoms. The molecule has 1 unspecified atom stereocenters. The lowest BCUT2D eigenvalue weighted by atomic mass is 10.3. The molecule has 1 aliphatic rings. The van der Waals surface area contributed by atoms with Crippen molar-refractivity contribution in [1.82, 2.24) is 10.3 Å². The second kappa shape index (κ2) is 3.30. The van der Waals surface area contributed by atoms with Gasteiger partial charge in [0, 0.05) is 19.3 Å². The molecule has 1 aromatic heterocycles. The Morgan fingerprint density at radius 2 is 2.64 bits per heavy atom. The van der Waals surface area contributed by atoms with Crippen molar-refractivity contribution in [2.45, 2.75) is 6.10 Å². The van der Waals surface area contributed by atoms with Gasteiger partial charge in [0.2, 0.25) is 0 Å². The van der Waals surface area contributed by atoms with Crippen LogP contribution in [0, 0.1) is 0 Å². The molecule has 0 saturated carbocycles. The molecule has 1 fully saturated rings. The zero-order valence-electron chi connectivity index (χ0n) is 6.06.